The Morgan fingerprint density at radius 2 is 2.31 bits per heavy atom. The molecule has 2 aromatic rings. The zero-order chi connectivity index (χ0) is 9.10. The molecule has 4 heteroatoms. The third kappa shape index (κ3) is 1.55. The van der Waals surface area contributed by atoms with Gasteiger partial charge in [-0.1, -0.05) is 0 Å². The molecular formula is C9H8ClN3. The van der Waals surface area contributed by atoms with Crippen molar-refractivity contribution in [2.45, 2.75) is 5.88 Å². The zero-order valence-corrected chi connectivity index (χ0v) is 7.65. The minimum atomic E-state index is 0.447. The second kappa shape index (κ2) is 3.58. The molecule has 0 spiro atoms. The number of rotatable bonds is 2. The van der Waals surface area contributed by atoms with Crippen LogP contribution in [0.4, 0.5) is 0 Å². The number of hydrogen-bond donors (Lipinski definition) is 0. The van der Waals surface area contributed by atoms with Gasteiger partial charge in [-0.25, -0.2) is 4.68 Å². The average Bonchev–Trinajstić information content (AvgIpc) is 2.70. The highest BCUT2D eigenvalue weighted by Gasteiger charge is 2.02. The van der Waals surface area contributed by atoms with Gasteiger partial charge >= 0.3 is 0 Å². The molecule has 66 valence electrons. The van der Waals surface area contributed by atoms with Crippen LogP contribution in [-0.2, 0) is 5.88 Å². The normalized spacial score (nSPS) is 10.2. The van der Waals surface area contributed by atoms with E-state index < -0.39 is 0 Å². The number of aromatic nitrogens is 3. The van der Waals surface area contributed by atoms with E-state index in [0.29, 0.717) is 5.88 Å². The number of halogens is 1. The summed E-state index contributed by atoms with van der Waals surface area (Å²) in [6.45, 7) is 0. The predicted octanol–water partition coefficient (Wildman–Crippen LogP) is 2.01. The molecule has 0 aromatic carbocycles. The summed E-state index contributed by atoms with van der Waals surface area (Å²) >= 11 is 5.77. The van der Waals surface area contributed by atoms with E-state index in [-0.39, 0.29) is 0 Å². The summed E-state index contributed by atoms with van der Waals surface area (Å²) in [6.07, 6.45) is 7.10. The number of alkyl halides is 1. The summed E-state index contributed by atoms with van der Waals surface area (Å²) in [6, 6.07) is 3.77. The first-order valence-electron chi connectivity index (χ1n) is 3.90. The van der Waals surface area contributed by atoms with Gasteiger partial charge in [0.2, 0.25) is 0 Å². The van der Waals surface area contributed by atoms with E-state index in [2.05, 4.69) is 10.1 Å². The Kier molecular flexibility index (Phi) is 2.27. The van der Waals surface area contributed by atoms with Gasteiger partial charge in [0, 0.05) is 30.4 Å². The van der Waals surface area contributed by atoms with Gasteiger partial charge in [-0.05, 0) is 12.1 Å². The maximum Gasteiger partial charge on any atom is 0.0720 e. The molecular weight excluding hydrogens is 186 g/mol. The molecule has 0 radical (unpaired) electrons. The van der Waals surface area contributed by atoms with Gasteiger partial charge in [-0.15, -0.1) is 11.6 Å². The maximum absolute atomic E-state index is 5.77. The highest BCUT2D eigenvalue weighted by molar-refractivity contribution is 6.17. The maximum atomic E-state index is 5.77. The van der Waals surface area contributed by atoms with E-state index in [0.717, 1.165) is 11.3 Å². The topological polar surface area (TPSA) is 30.7 Å². The first-order valence-corrected chi connectivity index (χ1v) is 4.44. The molecule has 0 saturated carbocycles. The zero-order valence-electron chi connectivity index (χ0n) is 6.89. The average molecular weight is 194 g/mol. The molecule has 0 N–H and O–H groups in total. The van der Waals surface area contributed by atoms with Crippen LogP contribution >= 0.6 is 11.6 Å². The van der Waals surface area contributed by atoms with E-state index >= 15 is 0 Å². The second-order valence-corrected chi connectivity index (χ2v) is 2.86. The Labute approximate surface area is 81.0 Å². The molecule has 0 unspecified atom stereocenters. The van der Waals surface area contributed by atoms with Crippen LogP contribution in [0.3, 0.4) is 0 Å². The van der Waals surface area contributed by atoms with Crippen molar-refractivity contribution in [1.29, 1.82) is 0 Å². The lowest BCUT2D eigenvalue weighted by Gasteiger charge is -2.04. The van der Waals surface area contributed by atoms with Crippen LogP contribution < -0.4 is 0 Å². The fraction of sp³-hybridized carbons (Fsp3) is 0.111. The van der Waals surface area contributed by atoms with E-state index in [1.807, 2.05) is 18.3 Å². The van der Waals surface area contributed by atoms with Crippen molar-refractivity contribution in [2.75, 3.05) is 0 Å². The van der Waals surface area contributed by atoms with Crippen molar-refractivity contribution >= 4 is 11.6 Å². The lowest BCUT2D eigenvalue weighted by atomic mass is 10.2. The molecule has 3 nitrogen and oxygen atoms in total. The predicted molar refractivity (Wildman–Crippen MR) is 50.9 cm³/mol. The van der Waals surface area contributed by atoms with E-state index in [1.165, 1.54) is 0 Å². The Balaban J connectivity index is 2.51. The molecule has 2 rings (SSSR count). The molecule has 0 aliphatic rings. The van der Waals surface area contributed by atoms with Gasteiger partial charge in [0.25, 0.3) is 0 Å². The first kappa shape index (κ1) is 8.26. The third-order valence-electron chi connectivity index (χ3n) is 1.77. The van der Waals surface area contributed by atoms with Gasteiger partial charge in [0.1, 0.15) is 0 Å². The molecule has 0 aliphatic carbocycles. The standard InChI is InChI=1S/C9H8ClN3/c10-6-8-7-11-4-2-9(8)13-5-1-3-12-13/h1-5,7H,6H2. The lowest BCUT2D eigenvalue weighted by molar-refractivity contribution is 0.867. The van der Waals surface area contributed by atoms with E-state index in [1.54, 1.807) is 23.3 Å². The van der Waals surface area contributed by atoms with Crippen LogP contribution in [0.15, 0.2) is 36.9 Å². The Morgan fingerprint density at radius 1 is 1.38 bits per heavy atom. The van der Waals surface area contributed by atoms with Gasteiger partial charge in [0.05, 0.1) is 11.6 Å². The van der Waals surface area contributed by atoms with E-state index in [4.69, 9.17) is 11.6 Å². The third-order valence-corrected chi connectivity index (χ3v) is 2.06. The molecule has 2 aromatic heterocycles. The van der Waals surface area contributed by atoms with Crippen LogP contribution in [-0.4, -0.2) is 14.8 Å². The minimum Gasteiger partial charge on any atom is -0.264 e. The van der Waals surface area contributed by atoms with Gasteiger partial charge in [-0.3, -0.25) is 4.98 Å². The van der Waals surface area contributed by atoms with Gasteiger partial charge < -0.3 is 0 Å². The molecule has 0 bridgehead atoms. The van der Waals surface area contributed by atoms with Crippen LogP contribution in [0, 0.1) is 0 Å². The number of pyridine rings is 1. The smallest absolute Gasteiger partial charge is 0.0720 e. The van der Waals surface area contributed by atoms with Crippen LogP contribution in [0.1, 0.15) is 5.56 Å². The summed E-state index contributed by atoms with van der Waals surface area (Å²) in [5.74, 6) is 0.447. The van der Waals surface area contributed by atoms with Crippen LogP contribution in [0.2, 0.25) is 0 Å². The summed E-state index contributed by atoms with van der Waals surface area (Å²) in [5, 5.41) is 4.13. The summed E-state index contributed by atoms with van der Waals surface area (Å²) in [4.78, 5) is 4.00. The molecule has 13 heavy (non-hydrogen) atoms. The molecule has 0 amide bonds. The van der Waals surface area contributed by atoms with Crippen molar-refractivity contribution in [1.82, 2.24) is 14.8 Å². The number of nitrogens with zero attached hydrogens (tertiary/aromatic N) is 3. The van der Waals surface area contributed by atoms with Crippen molar-refractivity contribution in [3.05, 3.63) is 42.5 Å². The largest absolute Gasteiger partial charge is 0.264 e. The molecule has 0 aliphatic heterocycles. The second-order valence-electron chi connectivity index (χ2n) is 2.59. The van der Waals surface area contributed by atoms with Crippen LogP contribution in [0.25, 0.3) is 5.69 Å². The molecule has 0 saturated heterocycles. The quantitative estimate of drug-likeness (QED) is 0.684. The summed E-state index contributed by atoms with van der Waals surface area (Å²) in [7, 11) is 0. The number of hydrogen-bond acceptors (Lipinski definition) is 2. The fourth-order valence-electron chi connectivity index (χ4n) is 1.16. The highest BCUT2D eigenvalue weighted by Crippen LogP contribution is 2.13. The molecule has 0 fully saturated rings. The SMILES string of the molecule is ClCc1cnccc1-n1cccn1. The van der Waals surface area contributed by atoms with Gasteiger partial charge in [-0.2, -0.15) is 5.10 Å². The summed E-state index contributed by atoms with van der Waals surface area (Å²) in [5.41, 5.74) is 1.96. The monoisotopic (exact) mass is 193 g/mol. The minimum absolute atomic E-state index is 0.447. The van der Waals surface area contributed by atoms with Gasteiger partial charge in [0.15, 0.2) is 0 Å². The van der Waals surface area contributed by atoms with Crippen molar-refractivity contribution in [3.8, 4) is 5.69 Å². The van der Waals surface area contributed by atoms with E-state index in [9.17, 15) is 0 Å². The Morgan fingerprint density at radius 3 is 3.00 bits per heavy atom. The van der Waals surface area contributed by atoms with Crippen molar-refractivity contribution in [3.63, 3.8) is 0 Å². The Hall–Kier alpha value is -1.35. The lowest BCUT2D eigenvalue weighted by Crippen LogP contribution is -1.98. The van der Waals surface area contributed by atoms with Crippen LogP contribution in [0.5, 0.6) is 0 Å². The van der Waals surface area contributed by atoms with Crippen molar-refractivity contribution in [2.24, 2.45) is 0 Å². The Bertz CT molecular complexity index is 384. The summed E-state index contributed by atoms with van der Waals surface area (Å²) < 4.78 is 1.78. The van der Waals surface area contributed by atoms with Crippen molar-refractivity contribution < 1.29 is 0 Å². The fourth-order valence-corrected chi connectivity index (χ4v) is 1.36. The first-order chi connectivity index (χ1) is 6.42. The molecule has 0 atom stereocenters. The molecule has 2 heterocycles. The highest BCUT2D eigenvalue weighted by atomic mass is 35.5.